The van der Waals surface area contributed by atoms with E-state index in [4.69, 9.17) is 18.9 Å². The number of ether oxygens (including phenoxy) is 4. The van der Waals surface area contributed by atoms with Crippen molar-refractivity contribution in [1.29, 1.82) is 0 Å². The lowest BCUT2D eigenvalue weighted by Crippen LogP contribution is -2.48. The lowest BCUT2D eigenvalue weighted by molar-refractivity contribution is -0.0935. The first-order chi connectivity index (χ1) is 15.0. The molecule has 1 spiro atoms. The summed E-state index contributed by atoms with van der Waals surface area (Å²) in [5, 5.41) is 10.0. The molecule has 2 aromatic carbocycles. The van der Waals surface area contributed by atoms with Crippen LogP contribution < -0.4 is 9.47 Å². The molecule has 1 saturated heterocycles. The van der Waals surface area contributed by atoms with E-state index in [9.17, 15) is 9.90 Å². The lowest BCUT2D eigenvalue weighted by Gasteiger charge is -2.45. The number of benzene rings is 2. The summed E-state index contributed by atoms with van der Waals surface area (Å²) in [5.74, 6) is 1.20. The Bertz CT molecular complexity index is 936. The van der Waals surface area contributed by atoms with E-state index in [1.165, 1.54) is 23.3 Å². The number of methoxy groups -OCH3 is 2. The van der Waals surface area contributed by atoms with Gasteiger partial charge in [-0.1, -0.05) is 6.07 Å². The van der Waals surface area contributed by atoms with E-state index in [1.807, 2.05) is 11.0 Å². The van der Waals surface area contributed by atoms with Crippen LogP contribution in [0.2, 0.25) is 0 Å². The van der Waals surface area contributed by atoms with Crippen molar-refractivity contribution in [1.82, 2.24) is 4.90 Å². The van der Waals surface area contributed by atoms with Crippen LogP contribution in [0.5, 0.6) is 17.2 Å². The molecule has 1 N–H and O–H groups in total. The van der Waals surface area contributed by atoms with Gasteiger partial charge in [0.15, 0.2) is 0 Å². The fraction of sp³-hybridized carbons (Fsp3) is 0.458. The largest absolute Gasteiger partial charge is 0.508 e. The number of hydrogen-bond donors (Lipinski definition) is 1. The van der Waals surface area contributed by atoms with Crippen LogP contribution in [0.25, 0.3) is 0 Å². The molecular formula is C24H29NO6. The van der Waals surface area contributed by atoms with Gasteiger partial charge in [0.1, 0.15) is 23.9 Å². The third-order valence-corrected chi connectivity index (χ3v) is 6.11. The standard InChI is InChI=1S/C24H29NO6/c1-28-11-12-30-21-15-18(13-19(26)16-21)23(27)25-8-6-24(7-9-25)22-4-3-20(29-2)14-17(22)5-10-31-24/h3-4,13-16,26H,5-12H2,1-2H3. The van der Waals surface area contributed by atoms with Gasteiger partial charge in [-0.2, -0.15) is 0 Å². The molecule has 166 valence electrons. The van der Waals surface area contributed by atoms with Crippen LogP contribution in [0.3, 0.4) is 0 Å². The number of amides is 1. The molecule has 2 heterocycles. The molecule has 0 aliphatic carbocycles. The minimum Gasteiger partial charge on any atom is -0.508 e. The number of phenols is 1. The maximum absolute atomic E-state index is 13.1. The summed E-state index contributed by atoms with van der Waals surface area (Å²) in [5.41, 5.74) is 2.52. The van der Waals surface area contributed by atoms with Gasteiger partial charge in [0.25, 0.3) is 5.91 Å². The molecule has 0 atom stereocenters. The molecule has 2 aliphatic rings. The average Bonchev–Trinajstić information content (AvgIpc) is 2.79. The van der Waals surface area contributed by atoms with E-state index in [0.29, 0.717) is 44.2 Å². The minimum absolute atomic E-state index is 0.00485. The topological polar surface area (TPSA) is 77.5 Å². The fourth-order valence-corrected chi connectivity index (χ4v) is 4.48. The summed E-state index contributed by atoms with van der Waals surface area (Å²) < 4.78 is 22.2. The molecule has 1 fully saturated rings. The Kier molecular flexibility index (Phi) is 6.34. The Morgan fingerprint density at radius 3 is 2.65 bits per heavy atom. The van der Waals surface area contributed by atoms with Crippen molar-refractivity contribution < 1.29 is 28.8 Å². The molecule has 0 aromatic heterocycles. The van der Waals surface area contributed by atoms with E-state index in [-0.39, 0.29) is 17.3 Å². The lowest BCUT2D eigenvalue weighted by atomic mass is 9.79. The number of piperidine rings is 1. The summed E-state index contributed by atoms with van der Waals surface area (Å²) in [6.45, 7) is 2.62. The van der Waals surface area contributed by atoms with Crippen LogP contribution in [-0.4, -0.2) is 63.0 Å². The van der Waals surface area contributed by atoms with E-state index in [2.05, 4.69) is 12.1 Å². The summed E-state index contributed by atoms with van der Waals surface area (Å²) in [7, 11) is 3.27. The molecule has 4 rings (SSSR count). The Balaban J connectivity index is 1.47. The first-order valence-electron chi connectivity index (χ1n) is 10.6. The summed E-state index contributed by atoms with van der Waals surface area (Å²) in [6, 6.07) is 10.8. The van der Waals surface area contributed by atoms with Crippen LogP contribution in [0.4, 0.5) is 0 Å². The van der Waals surface area contributed by atoms with Gasteiger partial charge in [0.2, 0.25) is 0 Å². The first kappa shape index (κ1) is 21.5. The van der Waals surface area contributed by atoms with E-state index in [1.54, 1.807) is 20.3 Å². The van der Waals surface area contributed by atoms with Crippen molar-refractivity contribution in [3.05, 3.63) is 53.1 Å². The van der Waals surface area contributed by atoms with Crippen LogP contribution in [0, 0.1) is 0 Å². The number of likely N-dealkylation sites (tertiary alicyclic amines) is 1. The highest BCUT2D eigenvalue weighted by atomic mass is 16.5. The maximum atomic E-state index is 13.1. The highest BCUT2D eigenvalue weighted by Gasteiger charge is 2.41. The Morgan fingerprint density at radius 1 is 1.10 bits per heavy atom. The van der Waals surface area contributed by atoms with Crippen molar-refractivity contribution >= 4 is 5.91 Å². The van der Waals surface area contributed by atoms with Gasteiger partial charge < -0.3 is 29.0 Å². The van der Waals surface area contributed by atoms with Crippen molar-refractivity contribution in [2.45, 2.75) is 24.9 Å². The van der Waals surface area contributed by atoms with Crippen LogP contribution >= 0.6 is 0 Å². The SMILES string of the molecule is COCCOc1cc(O)cc(C(=O)N2CCC3(CC2)OCCc2cc(OC)ccc23)c1. The van der Waals surface area contributed by atoms with Gasteiger partial charge in [-0.05, 0) is 54.7 Å². The van der Waals surface area contributed by atoms with Crippen molar-refractivity contribution in [3.63, 3.8) is 0 Å². The van der Waals surface area contributed by atoms with Crippen LogP contribution in [0.1, 0.15) is 34.3 Å². The number of rotatable bonds is 6. The normalized spacial score (nSPS) is 17.3. The average molecular weight is 427 g/mol. The Morgan fingerprint density at radius 2 is 1.90 bits per heavy atom. The summed E-state index contributed by atoms with van der Waals surface area (Å²) in [6.07, 6.45) is 2.33. The smallest absolute Gasteiger partial charge is 0.254 e. The third kappa shape index (κ3) is 4.48. The first-order valence-corrected chi connectivity index (χ1v) is 10.6. The highest BCUT2D eigenvalue weighted by Crippen LogP contribution is 2.42. The van der Waals surface area contributed by atoms with Gasteiger partial charge >= 0.3 is 0 Å². The molecule has 0 unspecified atom stereocenters. The van der Waals surface area contributed by atoms with Gasteiger partial charge in [-0.15, -0.1) is 0 Å². The molecule has 1 amide bonds. The quantitative estimate of drug-likeness (QED) is 0.714. The molecule has 0 saturated carbocycles. The molecule has 7 nitrogen and oxygen atoms in total. The van der Waals surface area contributed by atoms with Crippen molar-refractivity contribution in [2.24, 2.45) is 0 Å². The van der Waals surface area contributed by atoms with Gasteiger partial charge in [0, 0.05) is 31.8 Å². The number of hydrogen-bond acceptors (Lipinski definition) is 6. The monoisotopic (exact) mass is 427 g/mol. The molecular weight excluding hydrogens is 398 g/mol. The zero-order valence-electron chi connectivity index (χ0n) is 18.1. The fourth-order valence-electron chi connectivity index (χ4n) is 4.48. The number of carbonyl (C=O) groups excluding carboxylic acids is 1. The molecule has 0 bridgehead atoms. The number of phenolic OH excluding ortho intramolecular Hbond substituents is 1. The third-order valence-electron chi connectivity index (χ3n) is 6.11. The number of nitrogens with zero attached hydrogens (tertiary/aromatic N) is 1. The second-order valence-corrected chi connectivity index (χ2v) is 7.96. The molecule has 2 aromatic rings. The summed E-state index contributed by atoms with van der Waals surface area (Å²) >= 11 is 0. The van der Waals surface area contributed by atoms with Crippen LogP contribution in [0.15, 0.2) is 36.4 Å². The molecule has 31 heavy (non-hydrogen) atoms. The number of fused-ring (bicyclic) bond motifs is 2. The summed E-state index contributed by atoms with van der Waals surface area (Å²) in [4.78, 5) is 14.9. The van der Waals surface area contributed by atoms with Crippen molar-refractivity contribution in [3.8, 4) is 17.2 Å². The van der Waals surface area contributed by atoms with E-state index < -0.39 is 0 Å². The molecule has 2 aliphatic heterocycles. The Hall–Kier alpha value is -2.77. The van der Waals surface area contributed by atoms with Crippen molar-refractivity contribution in [2.75, 3.05) is 47.1 Å². The zero-order chi connectivity index (χ0) is 21.8. The zero-order valence-corrected chi connectivity index (χ0v) is 18.1. The second-order valence-electron chi connectivity index (χ2n) is 7.96. The van der Waals surface area contributed by atoms with Gasteiger partial charge in [0.05, 0.1) is 25.9 Å². The van der Waals surface area contributed by atoms with Gasteiger partial charge in [-0.3, -0.25) is 4.79 Å². The maximum Gasteiger partial charge on any atom is 0.254 e. The Labute approximate surface area is 182 Å². The molecule has 0 radical (unpaired) electrons. The predicted molar refractivity (Wildman–Crippen MR) is 115 cm³/mol. The van der Waals surface area contributed by atoms with Crippen LogP contribution in [-0.2, 0) is 21.5 Å². The van der Waals surface area contributed by atoms with Gasteiger partial charge in [-0.25, -0.2) is 0 Å². The number of aromatic hydroxyl groups is 1. The predicted octanol–water partition coefficient (Wildman–Crippen LogP) is 3.13. The second kappa shape index (κ2) is 9.16. The van der Waals surface area contributed by atoms with E-state index >= 15 is 0 Å². The number of carbonyl (C=O) groups is 1. The highest BCUT2D eigenvalue weighted by molar-refractivity contribution is 5.95. The minimum atomic E-state index is -0.357. The van der Waals surface area contributed by atoms with E-state index in [0.717, 1.165) is 25.0 Å². The molecule has 7 heteroatoms.